The van der Waals surface area contributed by atoms with Crippen LogP contribution in [0.1, 0.15) is 40.5 Å². The lowest BCUT2D eigenvalue weighted by Crippen LogP contribution is -2.04. The predicted octanol–water partition coefficient (Wildman–Crippen LogP) is 4.62. The average molecular weight is 297 g/mol. The van der Waals surface area contributed by atoms with Gasteiger partial charge in [-0.15, -0.1) is 0 Å². The van der Waals surface area contributed by atoms with Crippen LogP contribution < -0.4 is 5.73 Å². The van der Waals surface area contributed by atoms with Gasteiger partial charge in [0.05, 0.1) is 17.3 Å². The largest absolute Gasteiger partial charge is 0.326 e. The van der Waals surface area contributed by atoms with Crippen LogP contribution >= 0.6 is 0 Å². The Hall–Kier alpha value is -2.18. The molecule has 0 rings (SSSR count). The van der Waals surface area contributed by atoms with E-state index in [0.717, 1.165) is 29.7 Å². The Bertz CT molecular complexity index is 564. The van der Waals surface area contributed by atoms with Gasteiger partial charge in [-0.1, -0.05) is 38.7 Å². The average Bonchev–Trinajstić information content (AvgIpc) is 2.56. The molecule has 0 bridgehead atoms. The smallest absolute Gasteiger partial charge is 0.0991 e. The van der Waals surface area contributed by atoms with Crippen LogP contribution in [0.25, 0.3) is 0 Å². The molecule has 0 radical (unpaired) electrons. The van der Waals surface area contributed by atoms with E-state index in [1.54, 1.807) is 12.2 Å². The molecule has 0 saturated carbocycles. The van der Waals surface area contributed by atoms with Gasteiger partial charge in [0.1, 0.15) is 0 Å². The summed E-state index contributed by atoms with van der Waals surface area (Å²) in [6.07, 6.45) is 10.8. The lowest BCUT2D eigenvalue weighted by atomic mass is 10.0. The quantitative estimate of drug-likeness (QED) is 0.403. The third-order valence-electron chi connectivity index (χ3n) is 3.40. The number of aliphatic imine (C=N–C) groups is 1. The maximum absolute atomic E-state index is 8.96. The van der Waals surface area contributed by atoms with Gasteiger partial charge in [-0.2, -0.15) is 5.26 Å². The third-order valence-corrected chi connectivity index (χ3v) is 3.40. The van der Waals surface area contributed by atoms with Crippen LogP contribution in [0.2, 0.25) is 0 Å². The summed E-state index contributed by atoms with van der Waals surface area (Å²) in [7, 11) is 0. The first-order chi connectivity index (χ1) is 10.6. The van der Waals surface area contributed by atoms with Gasteiger partial charge in [-0.3, -0.25) is 4.99 Å². The zero-order valence-electron chi connectivity index (χ0n) is 14.2. The van der Waals surface area contributed by atoms with Crippen molar-refractivity contribution in [3.8, 4) is 6.07 Å². The number of hydrogen-bond acceptors (Lipinski definition) is 3. The molecular weight excluding hydrogens is 270 g/mol. The van der Waals surface area contributed by atoms with Crippen molar-refractivity contribution in [2.45, 2.75) is 40.5 Å². The van der Waals surface area contributed by atoms with Gasteiger partial charge in [0.15, 0.2) is 0 Å². The van der Waals surface area contributed by atoms with Crippen LogP contribution in [-0.2, 0) is 0 Å². The molecule has 22 heavy (non-hydrogen) atoms. The highest BCUT2D eigenvalue weighted by Gasteiger charge is 2.05. The summed E-state index contributed by atoms with van der Waals surface area (Å²) in [5.41, 5.74) is 10.5. The highest BCUT2D eigenvalue weighted by Crippen LogP contribution is 2.22. The molecule has 3 nitrogen and oxygen atoms in total. The van der Waals surface area contributed by atoms with Crippen molar-refractivity contribution in [2.75, 3.05) is 6.54 Å². The molecule has 0 heterocycles. The summed E-state index contributed by atoms with van der Waals surface area (Å²) >= 11 is 0. The summed E-state index contributed by atoms with van der Waals surface area (Å²) in [6, 6.07) is 2.10. The molecule has 0 aliphatic rings. The van der Waals surface area contributed by atoms with E-state index in [1.165, 1.54) is 5.57 Å². The Balaban J connectivity index is 5.80. The fourth-order valence-electron chi connectivity index (χ4n) is 1.73. The zero-order chi connectivity index (χ0) is 17.0. The lowest BCUT2D eigenvalue weighted by molar-refractivity contribution is 1.00. The molecule has 0 aromatic carbocycles. The Morgan fingerprint density at radius 1 is 1.27 bits per heavy atom. The van der Waals surface area contributed by atoms with E-state index in [4.69, 9.17) is 11.0 Å². The minimum atomic E-state index is 0.471. The van der Waals surface area contributed by atoms with Crippen molar-refractivity contribution in [3.63, 3.8) is 0 Å². The molecule has 3 heteroatoms. The van der Waals surface area contributed by atoms with Gasteiger partial charge < -0.3 is 5.73 Å². The van der Waals surface area contributed by atoms with E-state index >= 15 is 0 Å². The number of hydrogen-bond donors (Lipinski definition) is 1. The molecule has 0 amide bonds. The van der Waals surface area contributed by atoms with E-state index in [9.17, 15) is 0 Å². The molecule has 0 aromatic rings. The highest BCUT2D eigenvalue weighted by atomic mass is 14.7. The van der Waals surface area contributed by atoms with Crippen LogP contribution in [0.5, 0.6) is 0 Å². The molecule has 0 aliphatic carbocycles. The summed E-state index contributed by atoms with van der Waals surface area (Å²) in [6.45, 7) is 12.3. The summed E-state index contributed by atoms with van der Waals surface area (Å²) < 4.78 is 0. The molecule has 0 atom stereocenters. The predicted molar refractivity (Wildman–Crippen MR) is 96.6 cm³/mol. The Morgan fingerprint density at radius 3 is 2.36 bits per heavy atom. The molecule has 0 fully saturated rings. The number of rotatable bonds is 8. The van der Waals surface area contributed by atoms with Crippen LogP contribution in [0.4, 0.5) is 0 Å². The van der Waals surface area contributed by atoms with Gasteiger partial charge in [0.25, 0.3) is 0 Å². The van der Waals surface area contributed by atoms with Crippen molar-refractivity contribution >= 4 is 6.21 Å². The van der Waals surface area contributed by atoms with Crippen molar-refractivity contribution in [3.05, 3.63) is 58.9 Å². The van der Waals surface area contributed by atoms with Gasteiger partial charge in [0.2, 0.25) is 0 Å². The van der Waals surface area contributed by atoms with Crippen molar-refractivity contribution in [2.24, 2.45) is 10.7 Å². The number of nitrogens with two attached hydrogens (primary N) is 1. The molecule has 0 unspecified atom stereocenters. The number of nitriles is 1. The summed E-state index contributed by atoms with van der Waals surface area (Å²) in [5, 5.41) is 8.96. The molecule has 0 saturated heterocycles. The SMILES string of the molecule is C=C/C(C#N)=C\C=C(/CC)C(/N=C\C(=C/C)CN)=C(C)CC. The van der Waals surface area contributed by atoms with Crippen LogP contribution in [-0.4, -0.2) is 12.8 Å². The Labute approximate surface area is 134 Å². The first kappa shape index (κ1) is 19.8. The first-order valence-electron chi connectivity index (χ1n) is 7.60. The van der Waals surface area contributed by atoms with E-state index < -0.39 is 0 Å². The van der Waals surface area contributed by atoms with Crippen LogP contribution in [0.3, 0.4) is 0 Å². The number of allylic oxidation sites excluding steroid dienone is 7. The zero-order valence-corrected chi connectivity index (χ0v) is 14.2. The maximum Gasteiger partial charge on any atom is 0.0991 e. The van der Waals surface area contributed by atoms with Gasteiger partial charge in [0, 0.05) is 12.8 Å². The normalized spacial score (nSPS) is 14.8. The van der Waals surface area contributed by atoms with E-state index in [2.05, 4.69) is 38.4 Å². The van der Waals surface area contributed by atoms with E-state index in [0.29, 0.717) is 12.1 Å². The first-order valence-corrected chi connectivity index (χ1v) is 7.60. The van der Waals surface area contributed by atoms with Crippen molar-refractivity contribution < 1.29 is 0 Å². The van der Waals surface area contributed by atoms with E-state index in [1.807, 2.05) is 25.3 Å². The fraction of sp³-hybridized carbons (Fsp3) is 0.368. The van der Waals surface area contributed by atoms with Gasteiger partial charge >= 0.3 is 0 Å². The summed E-state index contributed by atoms with van der Waals surface area (Å²) in [5.74, 6) is 0. The second-order valence-corrected chi connectivity index (χ2v) is 4.79. The standard InChI is InChI=1S/C19H27N3/c1-6-15(5)19(22-14-17(8-3)13-21)18(9-4)11-10-16(7-2)12-20/h7-8,10-11,14H,2,6,9,13,21H2,1,3-5H3/b16-10+,17-8-,18-11+,19-15?,22-14-. The minimum absolute atomic E-state index is 0.471. The minimum Gasteiger partial charge on any atom is -0.326 e. The monoisotopic (exact) mass is 297 g/mol. The second-order valence-electron chi connectivity index (χ2n) is 4.79. The molecule has 0 aliphatic heterocycles. The van der Waals surface area contributed by atoms with E-state index in [-0.39, 0.29) is 0 Å². The Kier molecular flexibility index (Phi) is 10.3. The third kappa shape index (κ3) is 6.51. The van der Waals surface area contributed by atoms with Gasteiger partial charge in [-0.25, -0.2) is 0 Å². The highest BCUT2D eigenvalue weighted by molar-refractivity contribution is 5.80. The van der Waals surface area contributed by atoms with Crippen molar-refractivity contribution in [1.82, 2.24) is 0 Å². The maximum atomic E-state index is 8.96. The van der Waals surface area contributed by atoms with Gasteiger partial charge in [-0.05, 0) is 49.5 Å². The molecular formula is C19H27N3. The molecule has 0 spiro atoms. The Morgan fingerprint density at radius 2 is 1.95 bits per heavy atom. The van der Waals surface area contributed by atoms with Crippen LogP contribution in [0.15, 0.2) is 63.9 Å². The molecule has 0 aromatic heterocycles. The molecule has 2 N–H and O–H groups in total. The number of nitrogens with zero attached hydrogens (tertiary/aromatic N) is 2. The second kappa shape index (κ2) is 11.5. The van der Waals surface area contributed by atoms with Crippen molar-refractivity contribution in [1.29, 1.82) is 5.26 Å². The topological polar surface area (TPSA) is 62.2 Å². The fourth-order valence-corrected chi connectivity index (χ4v) is 1.73. The molecule has 118 valence electrons. The van der Waals surface area contributed by atoms with Crippen LogP contribution in [0, 0.1) is 11.3 Å². The lowest BCUT2D eigenvalue weighted by Gasteiger charge is -2.09. The summed E-state index contributed by atoms with van der Waals surface area (Å²) in [4.78, 5) is 4.64.